The van der Waals surface area contributed by atoms with Gasteiger partial charge in [-0.2, -0.15) is 0 Å². The molecule has 13 heteroatoms. The van der Waals surface area contributed by atoms with Gasteiger partial charge in [-0.05, 0) is 54.5 Å². The molecule has 38 heavy (non-hydrogen) atoms. The van der Waals surface area contributed by atoms with Crippen molar-refractivity contribution in [2.75, 3.05) is 0 Å². The van der Waals surface area contributed by atoms with Gasteiger partial charge in [-0.25, -0.2) is 0 Å². The van der Waals surface area contributed by atoms with Crippen LogP contribution in [0.5, 0.6) is 17.2 Å². The molecule has 1 heterocycles. The average Bonchev–Trinajstić information content (AvgIpc) is 2.88. The van der Waals surface area contributed by atoms with Gasteiger partial charge in [0, 0.05) is 16.4 Å². The first-order valence-corrected chi connectivity index (χ1v) is 13.7. The third-order valence-electron chi connectivity index (χ3n) is 8.56. The molecular weight excluding hydrogens is 625 g/mol. The number of benzene rings is 2. The van der Waals surface area contributed by atoms with Crippen LogP contribution >= 0.6 is 69.6 Å². The summed E-state index contributed by atoms with van der Waals surface area (Å²) < 4.78 is 3.96. The summed E-state index contributed by atoms with van der Waals surface area (Å²) in [6, 6.07) is 5.17. The lowest BCUT2D eigenvalue weighted by atomic mass is 9.40. The number of carbonyl (C=O) groups is 1. The van der Waals surface area contributed by atoms with E-state index in [1.54, 1.807) is 0 Å². The topological polar surface area (TPSA) is 128 Å². The van der Waals surface area contributed by atoms with Crippen molar-refractivity contribution in [3.05, 3.63) is 50.1 Å². The molecule has 0 amide bonds. The fraction of sp³-hybridized carbons (Fsp3) is 0.360. The second-order valence-corrected chi connectivity index (χ2v) is 13.2. The molecular formula is C25H16Cl6O7. The molecule has 0 radical (unpaired) electrons. The molecule has 6 atom stereocenters. The Morgan fingerprint density at radius 3 is 2.37 bits per heavy atom. The zero-order valence-electron chi connectivity index (χ0n) is 18.8. The van der Waals surface area contributed by atoms with Crippen LogP contribution in [0.4, 0.5) is 0 Å². The highest BCUT2D eigenvalue weighted by Gasteiger charge is 2.86. The molecule has 7 nitrogen and oxygen atoms in total. The molecule has 1 aromatic rings. The molecule has 2 saturated carbocycles. The van der Waals surface area contributed by atoms with Gasteiger partial charge in [0.05, 0.1) is 21.4 Å². The van der Waals surface area contributed by atoms with E-state index in [4.69, 9.17) is 74.0 Å². The SMILES string of the molecule is O=C(O)C1CC2C3(Cl)C(Cl)=C(Cl)C(Cl)C2(CC1c1c2ccc(=O)c(O)c-2oc2c(O)c(O)ccc12)C3(Cl)Cl. The van der Waals surface area contributed by atoms with Crippen molar-refractivity contribution in [1.29, 1.82) is 0 Å². The first kappa shape index (κ1) is 26.5. The lowest BCUT2D eigenvalue weighted by molar-refractivity contribution is -0.152. The minimum atomic E-state index is -1.73. The lowest BCUT2D eigenvalue weighted by Crippen LogP contribution is -2.81. The van der Waals surface area contributed by atoms with E-state index in [-0.39, 0.29) is 45.2 Å². The number of hydrogen-bond acceptors (Lipinski definition) is 6. The van der Waals surface area contributed by atoms with E-state index >= 15 is 0 Å². The maximum Gasteiger partial charge on any atom is 0.307 e. The van der Waals surface area contributed by atoms with Gasteiger partial charge in [0.25, 0.3) is 0 Å². The number of allylic oxidation sites excluding steroid dienone is 2. The Balaban J connectivity index is 1.68. The standard InChI is InChI=1S/C25H16Cl6O7/c26-15-20(27)23-6-10(9(22(36)37)5-13(23)24(29,21(15)28)25(23,30)31)14-7-1-3-11(32)16(34)18(7)38-19-8(14)2-4-12(33)17(19)35/h1-4,9-10,13,20,32,34-35H,5-6H2,(H,36,37). The van der Waals surface area contributed by atoms with Gasteiger partial charge in [0.1, 0.15) is 9.21 Å². The van der Waals surface area contributed by atoms with Gasteiger partial charge < -0.3 is 24.8 Å². The van der Waals surface area contributed by atoms with Crippen LogP contribution in [0.2, 0.25) is 0 Å². The molecule has 6 rings (SSSR count). The number of fused-ring (bicyclic) bond motifs is 2. The predicted octanol–water partition coefficient (Wildman–Crippen LogP) is 6.67. The third kappa shape index (κ3) is 2.85. The summed E-state index contributed by atoms with van der Waals surface area (Å²) in [7, 11) is 0. The van der Waals surface area contributed by atoms with Gasteiger partial charge in [0.15, 0.2) is 17.1 Å². The summed E-state index contributed by atoms with van der Waals surface area (Å²) >= 11 is 40.5. The number of phenols is 3. The summed E-state index contributed by atoms with van der Waals surface area (Å²) in [6.07, 6.45) is -0.0561. The van der Waals surface area contributed by atoms with Crippen LogP contribution in [0.15, 0.2) is 43.5 Å². The molecule has 0 aromatic heterocycles. The Hall–Kier alpha value is -1.74. The van der Waals surface area contributed by atoms with Crippen molar-refractivity contribution in [2.24, 2.45) is 17.3 Å². The first-order chi connectivity index (χ1) is 17.7. The molecule has 1 aliphatic heterocycles. The van der Waals surface area contributed by atoms with Crippen LogP contribution < -0.4 is 5.43 Å². The second-order valence-electron chi connectivity index (χ2n) is 10.0. The zero-order valence-corrected chi connectivity index (χ0v) is 23.3. The van der Waals surface area contributed by atoms with E-state index < -0.39 is 66.4 Å². The molecule has 6 unspecified atom stereocenters. The van der Waals surface area contributed by atoms with Gasteiger partial charge in [0.2, 0.25) is 16.9 Å². The molecule has 200 valence electrons. The number of phenolic OH excluding ortho intramolecular Hbond substituents is 3. The van der Waals surface area contributed by atoms with Crippen molar-refractivity contribution in [2.45, 2.75) is 33.3 Å². The Morgan fingerprint density at radius 1 is 1.03 bits per heavy atom. The highest BCUT2D eigenvalue weighted by atomic mass is 35.5. The number of alkyl halides is 4. The Morgan fingerprint density at radius 2 is 1.71 bits per heavy atom. The molecule has 5 aliphatic rings. The lowest BCUT2D eigenvalue weighted by Gasteiger charge is -2.75. The van der Waals surface area contributed by atoms with E-state index in [0.717, 1.165) is 6.07 Å². The number of carboxylic acid groups (broad SMARTS) is 1. The zero-order chi connectivity index (χ0) is 27.7. The number of halogens is 6. The molecule has 2 fully saturated rings. The minimum absolute atomic E-state index is 0.0250. The quantitative estimate of drug-likeness (QED) is 0.140. The molecule has 0 saturated heterocycles. The Kier molecular flexibility index (Phi) is 5.68. The summed E-state index contributed by atoms with van der Waals surface area (Å²) in [5, 5.41) is 40.9. The number of aliphatic carboxylic acids is 1. The van der Waals surface area contributed by atoms with E-state index in [1.165, 1.54) is 18.2 Å². The van der Waals surface area contributed by atoms with Gasteiger partial charge in [-0.3, -0.25) is 9.59 Å². The maximum absolute atomic E-state index is 12.7. The first-order valence-electron chi connectivity index (χ1n) is 11.3. The number of aromatic hydroxyl groups is 3. The van der Waals surface area contributed by atoms with Crippen LogP contribution in [-0.2, 0) is 4.79 Å². The Bertz CT molecular complexity index is 1630. The number of rotatable bonds is 2. The van der Waals surface area contributed by atoms with Gasteiger partial charge in [-0.15, -0.1) is 23.2 Å². The van der Waals surface area contributed by atoms with Crippen molar-refractivity contribution in [3.8, 4) is 28.6 Å². The van der Waals surface area contributed by atoms with Crippen LogP contribution in [-0.4, -0.2) is 41.0 Å². The molecule has 1 aromatic carbocycles. The summed E-state index contributed by atoms with van der Waals surface area (Å²) in [6.45, 7) is 0. The van der Waals surface area contributed by atoms with Crippen LogP contribution in [0.1, 0.15) is 24.3 Å². The molecule has 4 N–H and O–H groups in total. The fourth-order valence-corrected chi connectivity index (χ4v) is 10.0. The van der Waals surface area contributed by atoms with Crippen LogP contribution in [0, 0.1) is 17.3 Å². The minimum Gasteiger partial charge on any atom is -0.504 e. The monoisotopic (exact) mass is 638 g/mol. The highest BCUT2D eigenvalue weighted by molar-refractivity contribution is 6.61. The van der Waals surface area contributed by atoms with E-state index in [2.05, 4.69) is 0 Å². The van der Waals surface area contributed by atoms with Crippen LogP contribution in [0.3, 0.4) is 0 Å². The maximum atomic E-state index is 12.7. The van der Waals surface area contributed by atoms with Crippen molar-refractivity contribution in [3.63, 3.8) is 0 Å². The smallest absolute Gasteiger partial charge is 0.307 e. The van der Waals surface area contributed by atoms with E-state index in [9.17, 15) is 30.0 Å². The number of hydrogen-bond donors (Lipinski definition) is 4. The van der Waals surface area contributed by atoms with Crippen LogP contribution in [0.25, 0.3) is 22.3 Å². The summed E-state index contributed by atoms with van der Waals surface area (Å²) in [5.41, 5.74) is -1.68. The average molecular weight is 641 g/mol. The predicted molar refractivity (Wildman–Crippen MR) is 145 cm³/mol. The molecule has 2 bridgehead atoms. The molecule has 0 spiro atoms. The highest BCUT2D eigenvalue weighted by Crippen LogP contribution is 2.83. The van der Waals surface area contributed by atoms with Crippen molar-refractivity contribution >= 4 is 86.5 Å². The summed E-state index contributed by atoms with van der Waals surface area (Å²) in [5.74, 6) is -5.99. The molecule has 4 aliphatic carbocycles. The fourth-order valence-electron chi connectivity index (χ4n) is 6.83. The van der Waals surface area contributed by atoms with Gasteiger partial charge >= 0.3 is 5.97 Å². The normalized spacial score (nSPS) is 33.7. The van der Waals surface area contributed by atoms with Crippen molar-refractivity contribution < 1.29 is 29.6 Å². The number of carboxylic acids is 1. The third-order valence-corrected chi connectivity index (χ3v) is 12.6. The summed E-state index contributed by atoms with van der Waals surface area (Å²) in [4.78, 5) is 23.4. The Labute approximate surface area is 244 Å². The second kappa shape index (κ2) is 8.15. The van der Waals surface area contributed by atoms with Crippen molar-refractivity contribution in [1.82, 2.24) is 0 Å². The van der Waals surface area contributed by atoms with Gasteiger partial charge in [-0.1, -0.05) is 46.4 Å². The largest absolute Gasteiger partial charge is 0.504 e. The van der Waals surface area contributed by atoms with E-state index in [1.807, 2.05) is 0 Å². The van der Waals surface area contributed by atoms with E-state index in [0.29, 0.717) is 5.56 Å².